The highest BCUT2D eigenvalue weighted by atomic mass is 19.1. The number of likely N-dealkylation sites (N-methyl/N-ethyl adjacent to an activating group) is 1. The second kappa shape index (κ2) is 3.67. The minimum atomic E-state index is -0.268. The molecule has 17 heavy (non-hydrogen) atoms. The summed E-state index contributed by atoms with van der Waals surface area (Å²) in [7, 11) is 2.05. The fraction of sp³-hybridized carbons (Fsp3) is 0.308. The van der Waals surface area contributed by atoms with Gasteiger partial charge in [0.1, 0.15) is 5.82 Å². The fourth-order valence-electron chi connectivity index (χ4n) is 2.38. The molecule has 2 N–H and O–H groups in total. The van der Waals surface area contributed by atoms with Crippen LogP contribution in [0.5, 0.6) is 0 Å². The number of anilines is 1. The first-order chi connectivity index (χ1) is 8.15. The van der Waals surface area contributed by atoms with Crippen molar-refractivity contribution in [1.29, 1.82) is 0 Å². The molecule has 0 saturated heterocycles. The normalized spacial score (nSPS) is 16.1. The second-order valence-corrected chi connectivity index (χ2v) is 4.60. The average Bonchev–Trinajstić information content (AvgIpc) is 2.32. The minimum Gasteiger partial charge on any atom is -0.398 e. The highest BCUT2D eigenvalue weighted by Gasteiger charge is 2.19. The number of nitrogens with two attached hydrogens (primary N) is 1. The smallest absolute Gasteiger partial charge is 0.124 e. The predicted molar refractivity (Wildman–Crippen MR) is 66.2 cm³/mol. The summed E-state index contributed by atoms with van der Waals surface area (Å²) in [5.74, 6) is -0.268. The zero-order valence-electron chi connectivity index (χ0n) is 9.70. The quantitative estimate of drug-likeness (QED) is 0.753. The Kier molecular flexibility index (Phi) is 2.26. The van der Waals surface area contributed by atoms with Gasteiger partial charge in [-0.2, -0.15) is 0 Å². The lowest BCUT2D eigenvalue weighted by atomic mass is 10.0. The van der Waals surface area contributed by atoms with E-state index in [9.17, 15) is 4.39 Å². The summed E-state index contributed by atoms with van der Waals surface area (Å²) in [6, 6.07) is 4.59. The first-order valence-corrected chi connectivity index (χ1v) is 5.70. The Morgan fingerprint density at radius 1 is 1.41 bits per heavy atom. The van der Waals surface area contributed by atoms with E-state index in [0.717, 1.165) is 41.7 Å². The molecule has 88 valence electrons. The Morgan fingerprint density at radius 3 is 3.06 bits per heavy atom. The monoisotopic (exact) mass is 231 g/mol. The van der Waals surface area contributed by atoms with Crippen LogP contribution in [0.2, 0.25) is 0 Å². The van der Waals surface area contributed by atoms with E-state index in [4.69, 9.17) is 5.73 Å². The lowest BCUT2D eigenvalue weighted by molar-refractivity contribution is 0.311. The van der Waals surface area contributed by atoms with Crippen molar-refractivity contribution in [2.24, 2.45) is 0 Å². The lowest BCUT2D eigenvalue weighted by Gasteiger charge is -2.26. The van der Waals surface area contributed by atoms with Crippen molar-refractivity contribution in [3.63, 3.8) is 0 Å². The van der Waals surface area contributed by atoms with E-state index >= 15 is 0 Å². The van der Waals surface area contributed by atoms with Gasteiger partial charge in [-0.25, -0.2) is 4.39 Å². The molecule has 0 aliphatic carbocycles. The van der Waals surface area contributed by atoms with Crippen molar-refractivity contribution in [3.05, 3.63) is 35.3 Å². The maximum absolute atomic E-state index is 13.2. The van der Waals surface area contributed by atoms with Gasteiger partial charge in [0.05, 0.1) is 5.52 Å². The summed E-state index contributed by atoms with van der Waals surface area (Å²) in [5.41, 5.74) is 9.71. The van der Waals surface area contributed by atoms with Crippen molar-refractivity contribution < 1.29 is 4.39 Å². The first-order valence-electron chi connectivity index (χ1n) is 5.70. The van der Waals surface area contributed by atoms with Crippen LogP contribution in [0, 0.1) is 5.82 Å². The Hall–Kier alpha value is -1.68. The number of nitrogen functional groups attached to an aromatic ring is 1. The van der Waals surface area contributed by atoms with Crippen LogP contribution >= 0.6 is 0 Å². The molecule has 1 aliphatic rings. The maximum atomic E-state index is 13.2. The van der Waals surface area contributed by atoms with Gasteiger partial charge in [-0.15, -0.1) is 0 Å². The zero-order chi connectivity index (χ0) is 12.0. The largest absolute Gasteiger partial charge is 0.398 e. The number of halogens is 1. The summed E-state index contributed by atoms with van der Waals surface area (Å²) < 4.78 is 13.2. The van der Waals surface area contributed by atoms with E-state index in [-0.39, 0.29) is 5.82 Å². The van der Waals surface area contributed by atoms with Crippen molar-refractivity contribution in [3.8, 4) is 0 Å². The van der Waals surface area contributed by atoms with Gasteiger partial charge in [-0.3, -0.25) is 4.98 Å². The van der Waals surface area contributed by atoms with Crippen molar-refractivity contribution in [2.75, 3.05) is 19.3 Å². The molecule has 0 atom stereocenters. The molecule has 1 aromatic heterocycles. The molecule has 2 heterocycles. The van der Waals surface area contributed by atoms with E-state index in [1.165, 1.54) is 12.1 Å². The molecule has 0 fully saturated rings. The summed E-state index contributed by atoms with van der Waals surface area (Å²) >= 11 is 0. The Bertz CT molecular complexity index is 595. The predicted octanol–water partition coefficient (Wildman–Crippen LogP) is 1.94. The number of rotatable bonds is 0. The number of fused-ring (bicyclic) bond motifs is 2. The van der Waals surface area contributed by atoms with Gasteiger partial charge in [-0.1, -0.05) is 0 Å². The van der Waals surface area contributed by atoms with Gasteiger partial charge < -0.3 is 10.6 Å². The molecule has 4 heteroatoms. The van der Waals surface area contributed by atoms with Crippen LogP contribution in [0.1, 0.15) is 11.3 Å². The van der Waals surface area contributed by atoms with Crippen LogP contribution in [0.25, 0.3) is 10.9 Å². The highest BCUT2D eigenvalue weighted by molar-refractivity contribution is 5.92. The summed E-state index contributed by atoms with van der Waals surface area (Å²) in [4.78, 5) is 6.78. The van der Waals surface area contributed by atoms with Gasteiger partial charge in [0.2, 0.25) is 0 Å². The van der Waals surface area contributed by atoms with E-state index in [1.54, 1.807) is 6.07 Å². The van der Waals surface area contributed by atoms with Gasteiger partial charge >= 0.3 is 0 Å². The molecule has 0 unspecified atom stereocenters. The van der Waals surface area contributed by atoms with Gasteiger partial charge in [0, 0.05) is 41.8 Å². The number of nitrogens with zero attached hydrogens (tertiary/aromatic N) is 2. The van der Waals surface area contributed by atoms with E-state index in [2.05, 4.69) is 16.9 Å². The molecular formula is C13H14FN3. The van der Waals surface area contributed by atoms with Crippen molar-refractivity contribution in [1.82, 2.24) is 9.88 Å². The third-order valence-corrected chi connectivity index (χ3v) is 3.34. The molecule has 3 nitrogen and oxygen atoms in total. The lowest BCUT2D eigenvalue weighted by Crippen LogP contribution is -2.28. The fourth-order valence-corrected chi connectivity index (χ4v) is 2.38. The molecule has 2 aromatic rings. The second-order valence-electron chi connectivity index (χ2n) is 4.60. The third kappa shape index (κ3) is 1.65. The Labute approximate surface area is 99.1 Å². The van der Waals surface area contributed by atoms with Crippen LogP contribution in [-0.2, 0) is 13.0 Å². The highest BCUT2D eigenvalue weighted by Crippen LogP contribution is 2.29. The van der Waals surface area contributed by atoms with Crippen LogP contribution in [0.3, 0.4) is 0 Å². The van der Waals surface area contributed by atoms with Crippen LogP contribution in [0.4, 0.5) is 10.1 Å². The van der Waals surface area contributed by atoms with Crippen molar-refractivity contribution >= 4 is 16.6 Å². The number of hydrogen-bond donors (Lipinski definition) is 1. The van der Waals surface area contributed by atoms with Gasteiger partial charge in [-0.05, 0) is 25.2 Å². The zero-order valence-corrected chi connectivity index (χ0v) is 9.70. The SMILES string of the molecule is CN1CCc2nc3ccc(F)cc3c(N)c2C1. The number of aromatic nitrogens is 1. The van der Waals surface area contributed by atoms with Gasteiger partial charge in [0.15, 0.2) is 0 Å². The van der Waals surface area contributed by atoms with E-state index in [1.807, 2.05) is 0 Å². The summed E-state index contributed by atoms with van der Waals surface area (Å²) in [6.07, 6.45) is 0.906. The molecule has 0 saturated carbocycles. The number of benzene rings is 1. The van der Waals surface area contributed by atoms with Gasteiger partial charge in [0.25, 0.3) is 0 Å². The minimum absolute atomic E-state index is 0.268. The molecule has 3 rings (SSSR count). The van der Waals surface area contributed by atoms with E-state index in [0.29, 0.717) is 5.69 Å². The molecule has 0 radical (unpaired) electrons. The van der Waals surface area contributed by atoms with Crippen LogP contribution in [0.15, 0.2) is 18.2 Å². The maximum Gasteiger partial charge on any atom is 0.124 e. The van der Waals surface area contributed by atoms with E-state index < -0.39 is 0 Å². The van der Waals surface area contributed by atoms with Crippen LogP contribution in [-0.4, -0.2) is 23.5 Å². The Balaban J connectivity index is 2.29. The Morgan fingerprint density at radius 2 is 2.24 bits per heavy atom. The molecule has 0 amide bonds. The number of hydrogen-bond acceptors (Lipinski definition) is 3. The number of pyridine rings is 1. The topological polar surface area (TPSA) is 42.2 Å². The summed E-state index contributed by atoms with van der Waals surface area (Å²) in [6.45, 7) is 1.78. The third-order valence-electron chi connectivity index (χ3n) is 3.34. The summed E-state index contributed by atoms with van der Waals surface area (Å²) in [5, 5.41) is 0.721. The molecule has 0 bridgehead atoms. The van der Waals surface area contributed by atoms with Crippen molar-refractivity contribution in [2.45, 2.75) is 13.0 Å². The molecule has 1 aromatic carbocycles. The molecule has 1 aliphatic heterocycles. The first kappa shape index (κ1) is 10.5. The molecule has 0 spiro atoms. The van der Waals surface area contributed by atoms with Crippen LogP contribution < -0.4 is 5.73 Å². The average molecular weight is 231 g/mol. The molecular weight excluding hydrogens is 217 g/mol. The standard InChI is InChI=1S/C13H14FN3/c1-17-5-4-12-10(7-17)13(15)9-6-8(14)2-3-11(9)16-12/h2-3,6H,4-5,7H2,1H3,(H2,15,16).